The average molecular weight is 472 g/mol. The molecule has 174 valence electrons. The van der Waals surface area contributed by atoms with E-state index in [1.54, 1.807) is 4.31 Å². The Labute approximate surface area is 184 Å². The summed E-state index contributed by atoms with van der Waals surface area (Å²) in [6.07, 6.45) is -2.22. The minimum absolute atomic E-state index is 0.108. The van der Waals surface area contributed by atoms with Crippen molar-refractivity contribution in [2.75, 3.05) is 18.4 Å². The number of aromatic nitrogens is 2. The third-order valence-electron chi connectivity index (χ3n) is 5.84. The minimum atomic E-state index is -4.66. The van der Waals surface area contributed by atoms with E-state index in [2.05, 4.69) is 22.2 Å². The summed E-state index contributed by atoms with van der Waals surface area (Å²) in [5, 5.41) is 5.80. The number of piperidine rings is 1. The van der Waals surface area contributed by atoms with E-state index in [9.17, 15) is 26.4 Å². The number of nitrogens with one attached hydrogen (secondary N) is 1. The van der Waals surface area contributed by atoms with Crippen molar-refractivity contribution in [2.24, 2.45) is 7.05 Å². The molecule has 0 spiro atoms. The van der Waals surface area contributed by atoms with Gasteiger partial charge in [-0.05, 0) is 50.5 Å². The lowest BCUT2D eigenvalue weighted by Crippen LogP contribution is -2.48. The largest absolute Gasteiger partial charge is 0.435 e. The topological polar surface area (TPSA) is 87.3 Å². The molecule has 0 radical (unpaired) electrons. The number of hydrogen-bond donors (Lipinski definition) is 1. The second kappa shape index (κ2) is 8.16. The second-order valence-electron chi connectivity index (χ2n) is 8.15. The summed E-state index contributed by atoms with van der Waals surface area (Å²) in [5.41, 5.74) is -1.17. The van der Waals surface area contributed by atoms with Crippen molar-refractivity contribution in [3.05, 3.63) is 41.7 Å². The van der Waals surface area contributed by atoms with Crippen LogP contribution in [0.4, 0.5) is 18.9 Å². The van der Waals surface area contributed by atoms with E-state index in [1.165, 1.54) is 31.3 Å². The van der Waals surface area contributed by atoms with Crippen molar-refractivity contribution in [3.8, 4) is 0 Å². The molecule has 3 atom stereocenters. The second-order valence-corrected chi connectivity index (χ2v) is 10.0. The number of carbonyl (C=O) groups is 1. The van der Waals surface area contributed by atoms with Gasteiger partial charge in [-0.2, -0.15) is 22.6 Å². The Balaban J connectivity index is 1.49. The third kappa shape index (κ3) is 4.39. The molecule has 32 heavy (non-hydrogen) atoms. The Morgan fingerprint density at radius 2 is 1.84 bits per heavy atom. The summed E-state index contributed by atoms with van der Waals surface area (Å²) in [5.74, 6) is -0.780. The number of nitrogens with zero attached hydrogens (tertiary/aromatic N) is 4. The van der Waals surface area contributed by atoms with Gasteiger partial charge in [-0.3, -0.25) is 14.4 Å². The molecular formula is C20H24F3N5O3S. The number of sulfonamides is 1. The first-order valence-electron chi connectivity index (χ1n) is 10.3. The first-order valence-corrected chi connectivity index (χ1v) is 11.7. The average Bonchev–Trinajstić information content (AvgIpc) is 3.32. The Bertz CT molecular complexity index is 1110. The summed E-state index contributed by atoms with van der Waals surface area (Å²) in [6, 6.07) is 6.67. The lowest BCUT2D eigenvalue weighted by Gasteiger charge is -2.35. The summed E-state index contributed by atoms with van der Waals surface area (Å²) >= 11 is 0. The molecule has 1 aromatic heterocycles. The number of rotatable bonds is 5. The van der Waals surface area contributed by atoms with Crippen LogP contribution in [0.2, 0.25) is 0 Å². The lowest BCUT2D eigenvalue weighted by atomic mass is 10.1. The third-order valence-corrected chi connectivity index (χ3v) is 7.75. The Kier molecular flexibility index (Phi) is 5.80. The molecule has 1 aromatic carbocycles. The highest BCUT2D eigenvalue weighted by atomic mass is 32.2. The van der Waals surface area contributed by atoms with E-state index in [0.717, 1.165) is 30.5 Å². The Morgan fingerprint density at radius 3 is 2.41 bits per heavy atom. The number of hydrogen-bond acceptors (Lipinski definition) is 5. The molecule has 8 nitrogen and oxygen atoms in total. The first-order chi connectivity index (χ1) is 15.0. The zero-order chi connectivity index (χ0) is 23.3. The molecule has 0 aliphatic carbocycles. The van der Waals surface area contributed by atoms with Gasteiger partial charge in [0, 0.05) is 37.9 Å². The predicted octanol–water partition coefficient (Wildman–Crippen LogP) is 2.90. The van der Waals surface area contributed by atoms with Gasteiger partial charge in [-0.25, -0.2) is 8.42 Å². The van der Waals surface area contributed by atoms with Gasteiger partial charge in [0.1, 0.15) is 5.69 Å². The molecule has 1 amide bonds. The van der Waals surface area contributed by atoms with Crippen LogP contribution >= 0.6 is 0 Å². The Morgan fingerprint density at radius 1 is 1.19 bits per heavy atom. The van der Waals surface area contributed by atoms with E-state index in [4.69, 9.17) is 0 Å². The fraction of sp³-hybridized carbons (Fsp3) is 0.500. The van der Waals surface area contributed by atoms with E-state index in [0.29, 0.717) is 18.7 Å². The van der Waals surface area contributed by atoms with Crippen molar-refractivity contribution in [1.29, 1.82) is 0 Å². The quantitative estimate of drug-likeness (QED) is 0.678. The van der Waals surface area contributed by atoms with Crippen LogP contribution < -0.4 is 5.32 Å². The predicted molar refractivity (Wildman–Crippen MR) is 110 cm³/mol. The zero-order valence-electron chi connectivity index (χ0n) is 17.6. The molecule has 2 aliphatic heterocycles. The van der Waals surface area contributed by atoms with Gasteiger partial charge >= 0.3 is 6.18 Å². The molecule has 2 fully saturated rings. The van der Waals surface area contributed by atoms with Crippen LogP contribution in [-0.4, -0.2) is 58.6 Å². The van der Waals surface area contributed by atoms with Crippen molar-refractivity contribution in [2.45, 2.75) is 49.5 Å². The minimum Gasteiger partial charge on any atom is -0.321 e. The standard InChI is InChI=1S/C20H24F3N5O3S/c1-13-12-27(13)18-5-3-4-10-28(18)32(30,31)15-8-6-14(7-9-15)24-19(29)16-11-17(20(21,22)23)25-26(16)2/h6-9,11,13,18H,3-5,10,12H2,1-2H3,(H,24,29). The molecule has 2 saturated heterocycles. The fourth-order valence-electron chi connectivity index (χ4n) is 4.03. The monoisotopic (exact) mass is 471 g/mol. The Hall–Kier alpha value is -2.44. The van der Waals surface area contributed by atoms with E-state index >= 15 is 0 Å². The molecule has 12 heteroatoms. The summed E-state index contributed by atoms with van der Waals surface area (Å²) in [4.78, 5) is 14.7. The van der Waals surface area contributed by atoms with Gasteiger partial charge in [-0.1, -0.05) is 0 Å². The highest BCUT2D eigenvalue weighted by Gasteiger charge is 2.44. The highest BCUT2D eigenvalue weighted by Crippen LogP contribution is 2.33. The molecular weight excluding hydrogens is 447 g/mol. The van der Waals surface area contributed by atoms with Gasteiger partial charge in [0.2, 0.25) is 10.0 Å². The van der Waals surface area contributed by atoms with Crippen LogP contribution in [0.1, 0.15) is 42.4 Å². The van der Waals surface area contributed by atoms with Crippen LogP contribution in [-0.2, 0) is 23.2 Å². The van der Waals surface area contributed by atoms with Crippen LogP contribution in [0.3, 0.4) is 0 Å². The number of amides is 1. The molecule has 2 aliphatic rings. The van der Waals surface area contributed by atoms with E-state index in [1.807, 2.05) is 0 Å². The van der Waals surface area contributed by atoms with Crippen LogP contribution in [0.25, 0.3) is 0 Å². The maximum absolute atomic E-state index is 13.2. The molecule has 2 aromatic rings. The van der Waals surface area contributed by atoms with Gasteiger partial charge < -0.3 is 5.32 Å². The molecule has 1 N–H and O–H groups in total. The van der Waals surface area contributed by atoms with Crippen molar-refractivity contribution in [3.63, 3.8) is 0 Å². The molecule has 3 heterocycles. The first kappa shape index (κ1) is 22.7. The van der Waals surface area contributed by atoms with Crippen molar-refractivity contribution in [1.82, 2.24) is 19.0 Å². The van der Waals surface area contributed by atoms with Gasteiger partial charge in [0.05, 0.1) is 11.1 Å². The van der Waals surface area contributed by atoms with Crippen LogP contribution in [0, 0.1) is 0 Å². The maximum atomic E-state index is 13.2. The lowest BCUT2D eigenvalue weighted by molar-refractivity contribution is -0.141. The van der Waals surface area contributed by atoms with Gasteiger partial charge in [-0.15, -0.1) is 0 Å². The summed E-state index contributed by atoms with van der Waals surface area (Å²) < 4.78 is 67.3. The van der Waals surface area contributed by atoms with Gasteiger partial charge in [0.25, 0.3) is 5.91 Å². The van der Waals surface area contributed by atoms with Gasteiger partial charge in [0.15, 0.2) is 5.69 Å². The molecule has 4 rings (SSSR count). The normalized spacial score (nSPS) is 24.3. The SMILES string of the molecule is CC1CN1C1CCCCN1S(=O)(=O)c1ccc(NC(=O)c2cc(C(F)(F)F)nn2C)cc1. The fourth-order valence-corrected chi connectivity index (χ4v) is 5.70. The zero-order valence-corrected chi connectivity index (χ0v) is 18.4. The smallest absolute Gasteiger partial charge is 0.321 e. The van der Waals surface area contributed by atoms with Crippen LogP contribution in [0.5, 0.6) is 0 Å². The molecule has 3 unspecified atom stereocenters. The van der Waals surface area contributed by atoms with E-state index in [-0.39, 0.29) is 22.4 Å². The number of aryl methyl sites for hydroxylation is 1. The maximum Gasteiger partial charge on any atom is 0.435 e. The number of anilines is 1. The highest BCUT2D eigenvalue weighted by molar-refractivity contribution is 7.89. The summed E-state index contributed by atoms with van der Waals surface area (Å²) in [6.45, 7) is 3.40. The van der Waals surface area contributed by atoms with Crippen molar-refractivity contribution >= 4 is 21.6 Å². The molecule has 0 bridgehead atoms. The van der Waals surface area contributed by atoms with E-state index < -0.39 is 27.8 Å². The van der Waals surface area contributed by atoms with Crippen molar-refractivity contribution < 1.29 is 26.4 Å². The number of benzene rings is 1. The molecule has 0 saturated carbocycles. The number of carbonyl (C=O) groups excluding carboxylic acids is 1. The summed E-state index contributed by atoms with van der Waals surface area (Å²) in [7, 11) is -2.48. The van der Waals surface area contributed by atoms with Crippen LogP contribution in [0.15, 0.2) is 35.2 Å². The number of halogens is 3. The number of alkyl halides is 3.